The summed E-state index contributed by atoms with van der Waals surface area (Å²) < 4.78 is 5.94. The fraction of sp³-hybridized carbons (Fsp3) is 0.409. The molecule has 0 aliphatic carbocycles. The second-order valence-electron chi connectivity index (χ2n) is 6.74. The summed E-state index contributed by atoms with van der Waals surface area (Å²) in [5.41, 5.74) is 3.28. The predicted molar refractivity (Wildman–Crippen MR) is 109 cm³/mol. The van der Waals surface area contributed by atoms with Crippen molar-refractivity contribution in [3.05, 3.63) is 59.7 Å². The summed E-state index contributed by atoms with van der Waals surface area (Å²) in [5, 5.41) is 3.03. The molecule has 1 aliphatic heterocycles. The van der Waals surface area contributed by atoms with Gasteiger partial charge >= 0.3 is 6.03 Å². The third kappa shape index (κ3) is 5.01. The smallest absolute Gasteiger partial charge is 0.322 e. The summed E-state index contributed by atoms with van der Waals surface area (Å²) in [5.74, 6) is 0.718. The maximum absolute atomic E-state index is 12.8. The third-order valence-corrected chi connectivity index (χ3v) is 5.11. The predicted octanol–water partition coefficient (Wildman–Crippen LogP) is 4.00. The second kappa shape index (κ2) is 9.42. The Morgan fingerprint density at radius 2 is 1.78 bits per heavy atom. The lowest BCUT2D eigenvalue weighted by Gasteiger charge is -2.29. The van der Waals surface area contributed by atoms with Gasteiger partial charge in [0.2, 0.25) is 0 Å². The Morgan fingerprint density at radius 1 is 1.07 bits per heavy atom. The summed E-state index contributed by atoms with van der Waals surface area (Å²) in [4.78, 5) is 16.9. The lowest BCUT2D eigenvalue weighted by molar-refractivity contribution is 0.205. The van der Waals surface area contributed by atoms with Crippen LogP contribution in [0.2, 0.25) is 0 Å². The maximum atomic E-state index is 12.8. The Labute approximate surface area is 161 Å². The number of anilines is 1. The fourth-order valence-electron chi connectivity index (χ4n) is 3.38. The number of likely N-dealkylation sites (N-methyl/N-ethyl adjacent to an activating group) is 1. The number of nitrogens with zero attached hydrogens (tertiary/aromatic N) is 2. The molecule has 5 heteroatoms. The largest absolute Gasteiger partial charge is 0.490 e. The number of urea groups is 1. The van der Waals surface area contributed by atoms with Crippen molar-refractivity contribution in [2.24, 2.45) is 0 Å². The van der Waals surface area contributed by atoms with Gasteiger partial charge in [0.1, 0.15) is 12.4 Å². The lowest BCUT2D eigenvalue weighted by Crippen LogP contribution is -2.38. The Kier molecular flexibility index (Phi) is 6.71. The summed E-state index contributed by atoms with van der Waals surface area (Å²) in [7, 11) is 0. The second-order valence-corrected chi connectivity index (χ2v) is 6.74. The molecule has 2 aromatic carbocycles. The van der Waals surface area contributed by atoms with Gasteiger partial charge in [-0.1, -0.05) is 50.2 Å². The number of amides is 2. The first kappa shape index (κ1) is 19.2. The first-order valence-corrected chi connectivity index (χ1v) is 9.78. The highest BCUT2D eigenvalue weighted by atomic mass is 16.5. The van der Waals surface area contributed by atoms with Crippen LogP contribution in [0.4, 0.5) is 10.5 Å². The number of carbonyl (C=O) groups is 1. The van der Waals surface area contributed by atoms with Crippen molar-refractivity contribution in [2.45, 2.75) is 26.8 Å². The number of hydrogen-bond donors (Lipinski definition) is 1. The van der Waals surface area contributed by atoms with Crippen LogP contribution in [0.5, 0.6) is 5.75 Å². The highest BCUT2D eigenvalue weighted by molar-refractivity contribution is 5.91. The Morgan fingerprint density at radius 3 is 2.56 bits per heavy atom. The maximum Gasteiger partial charge on any atom is 0.322 e. The van der Waals surface area contributed by atoms with E-state index in [1.54, 1.807) is 0 Å². The first-order valence-electron chi connectivity index (χ1n) is 9.78. The highest BCUT2D eigenvalue weighted by Gasteiger charge is 2.21. The number of nitrogens with one attached hydrogen (secondary N) is 1. The van der Waals surface area contributed by atoms with Gasteiger partial charge in [0.05, 0.1) is 5.69 Å². The number of rotatable bonds is 7. The van der Waals surface area contributed by atoms with Crippen LogP contribution in [0, 0.1) is 0 Å². The normalized spacial score (nSPS) is 13.4. The van der Waals surface area contributed by atoms with E-state index in [1.165, 1.54) is 11.1 Å². The van der Waals surface area contributed by atoms with E-state index in [-0.39, 0.29) is 6.03 Å². The minimum Gasteiger partial charge on any atom is -0.490 e. The lowest BCUT2D eigenvalue weighted by atomic mass is 10.0. The van der Waals surface area contributed by atoms with Gasteiger partial charge in [0.25, 0.3) is 0 Å². The van der Waals surface area contributed by atoms with E-state index in [1.807, 2.05) is 35.2 Å². The summed E-state index contributed by atoms with van der Waals surface area (Å²) in [6.07, 6.45) is 0.894. The Bertz CT molecular complexity index is 759. The standard InChI is InChI=1S/C22H29N3O2/c1-3-24(4-2)15-16-27-21-12-8-7-11-20(21)23-22(26)25-14-13-18-9-5-6-10-19(18)17-25/h5-12H,3-4,13-17H2,1-2H3,(H,23,26). The van der Waals surface area contributed by atoms with Gasteiger partial charge in [0.15, 0.2) is 0 Å². The van der Waals surface area contributed by atoms with Crippen molar-refractivity contribution in [1.82, 2.24) is 9.80 Å². The van der Waals surface area contributed by atoms with Gasteiger partial charge in [-0.15, -0.1) is 0 Å². The quantitative estimate of drug-likeness (QED) is 0.805. The molecule has 0 saturated carbocycles. The van der Waals surface area contributed by atoms with Crippen molar-refractivity contribution >= 4 is 11.7 Å². The SMILES string of the molecule is CCN(CC)CCOc1ccccc1NC(=O)N1CCc2ccccc2C1. The third-order valence-electron chi connectivity index (χ3n) is 5.11. The summed E-state index contributed by atoms with van der Waals surface area (Å²) >= 11 is 0. The van der Waals surface area contributed by atoms with Gasteiger partial charge < -0.3 is 19.9 Å². The molecule has 3 rings (SSSR count). The zero-order chi connectivity index (χ0) is 19.1. The summed E-state index contributed by atoms with van der Waals surface area (Å²) in [6, 6.07) is 15.9. The zero-order valence-corrected chi connectivity index (χ0v) is 16.3. The molecule has 1 heterocycles. The van der Waals surface area contributed by atoms with Crippen molar-refractivity contribution in [3.63, 3.8) is 0 Å². The van der Waals surface area contributed by atoms with Crippen LogP contribution in [-0.4, -0.2) is 48.6 Å². The Balaban J connectivity index is 1.60. The monoisotopic (exact) mass is 367 g/mol. The molecule has 0 saturated heterocycles. The average Bonchev–Trinajstić information content (AvgIpc) is 2.72. The minimum atomic E-state index is -0.0794. The van der Waals surface area contributed by atoms with Crippen LogP contribution in [0.15, 0.2) is 48.5 Å². The number of fused-ring (bicyclic) bond motifs is 1. The van der Waals surface area contributed by atoms with Crippen LogP contribution in [0.1, 0.15) is 25.0 Å². The van der Waals surface area contributed by atoms with E-state index < -0.39 is 0 Å². The van der Waals surface area contributed by atoms with Crippen LogP contribution in [-0.2, 0) is 13.0 Å². The number of hydrogen-bond acceptors (Lipinski definition) is 3. The zero-order valence-electron chi connectivity index (χ0n) is 16.3. The molecule has 27 heavy (non-hydrogen) atoms. The van der Waals surface area contributed by atoms with E-state index in [0.717, 1.165) is 44.0 Å². The molecular weight excluding hydrogens is 338 g/mol. The molecule has 5 nitrogen and oxygen atoms in total. The molecule has 0 aromatic heterocycles. The first-order chi connectivity index (χ1) is 13.2. The number of benzene rings is 2. The van der Waals surface area contributed by atoms with Crippen LogP contribution >= 0.6 is 0 Å². The molecule has 2 amide bonds. The molecule has 0 unspecified atom stereocenters. The molecular formula is C22H29N3O2. The van der Waals surface area contributed by atoms with Gasteiger partial charge in [-0.3, -0.25) is 0 Å². The van der Waals surface area contributed by atoms with E-state index in [2.05, 4.69) is 42.3 Å². The average molecular weight is 367 g/mol. The highest BCUT2D eigenvalue weighted by Crippen LogP contribution is 2.25. The number of carbonyl (C=O) groups excluding carboxylic acids is 1. The van der Waals surface area contributed by atoms with E-state index in [4.69, 9.17) is 4.74 Å². The van der Waals surface area contributed by atoms with E-state index in [9.17, 15) is 4.79 Å². The van der Waals surface area contributed by atoms with Gasteiger partial charge in [-0.2, -0.15) is 0 Å². The van der Waals surface area contributed by atoms with Crippen molar-refractivity contribution in [1.29, 1.82) is 0 Å². The van der Waals surface area contributed by atoms with Gasteiger partial charge in [0, 0.05) is 19.6 Å². The van der Waals surface area contributed by atoms with Crippen molar-refractivity contribution in [2.75, 3.05) is 38.1 Å². The summed E-state index contributed by atoms with van der Waals surface area (Å²) in [6.45, 7) is 9.16. The van der Waals surface area contributed by atoms with E-state index >= 15 is 0 Å². The molecule has 2 aromatic rings. The topological polar surface area (TPSA) is 44.8 Å². The minimum absolute atomic E-state index is 0.0794. The molecule has 0 radical (unpaired) electrons. The molecule has 0 atom stereocenters. The molecule has 1 aliphatic rings. The van der Waals surface area contributed by atoms with Gasteiger partial charge in [-0.05, 0) is 42.8 Å². The number of ether oxygens (including phenoxy) is 1. The van der Waals surface area contributed by atoms with Crippen LogP contribution in [0.3, 0.4) is 0 Å². The molecule has 144 valence electrons. The molecule has 1 N–H and O–H groups in total. The number of para-hydroxylation sites is 2. The fourth-order valence-corrected chi connectivity index (χ4v) is 3.38. The Hall–Kier alpha value is -2.53. The van der Waals surface area contributed by atoms with Gasteiger partial charge in [-0.25, -0.2) is 4.79 Å². The van der Waals surface area contributed by atoms with Crippen molar-refractivity contribution < 1.29 is 9.53 Å². The van der Waals surface area contributed by atoms with Crippen LogP contribution in [0.25, 0.3) is 0 Å². The van der Waals surface area contributed by atoms with E-state index in [0.29, 0.717) is 13.2 Å². The van der Waals surface area contributed by atoms with Crippen molar-refractivity contribution in [3.8, 4) is 5.75 Å². The van der Waals surface area contributed by atoms with Crippen LogP contribution < -0.4 is 10.1 Å². The molecule has 0 fully saturated rings. The molecule has 0 spiro atoms. The molecule has 0 bridgehead atoms.